The van der Waals surface area contributed by atoms with Crippen molar-refractivity contribution in [2.24, 2.45) is 0 Å². The van der Waals surface area contributed by atoms with E-state index in [-0.39, 0.29) is 11.9 Å². The highest BCUT2D eigenvalue weighted by Gasteiger charge is 2.20. The second-order valence-corrected chi connectivity index (χ2v) is 6.08. The molecule has 0 aliphatic carbocycles. The quantitative estimate of drug-likeness (QED) is 0.878. The Morgan fingerprint density at radius 3 is 2.76 bits per heavy atom. The molecule has 1 N–H and O–H groups in total. The lowest BCUT2D eigenvalue weighted by atomic mass is 10.0. The fourth-order valence-electron chi connectivity index (χ4n) is 3.01. The summed E-state index contributed by atoms with van der Waals surface area (Å²) >= 11 is 0. The first-order valence-corrected chi connectivity index (χ1v) is 8.40. The van der Waals surface area contributed by atoms with Crippen molar-refractivity contribution in [2.75, 3.05) is 20.8 Å². The first kappa shape index (κ1) is 17.1. The van der Waals surface area contributed by atoms with Gasteiger partial charge in [0.1, 0.15) is 12.4 Å². The fraction of sp³-hybridized carbons (Fsp3) is 0.350. The van der Waals surface area contributed by atoms with Gasteiger partial charge in [0.2, 0.25) is 5.91 Å². The lowest BCUT2D eigenvalue weighted by molar-refractivity contribution is -0.122. The van der Waals surface area contributed by atoms with Gasteiger partial charge in [0, 0.05) is 6.42 Å². The van der Waals surface area contributed by atoms with Gasteiger partial charge in [0.05, 0.1) is 20.3 Å². The average Bonchev–Trinajstić information content (AvgIpc) is 2.66. The molecule has 2 aromatic rings. The third-order valence-electron chi connectivity index (χ3n) is 4.33. The van der Waals surface area contributed by atoms with Gasteiger partial charge in [0.15, 0.2) is 11.5 Å². The molecule has 0 bridgehead atoms. The highest BCUT2D eigenvalue weighted by Crippen LogP contribution is 2.28. The normalized spacial score (nSPS) is 15.7. The minimum atomic E-state index is 0.0211. The molecule has 3 rings (SSSR count). The number of ether oxygens (including phenoxy) is 3. The molecule has 0 saturated carbocycles. The Labute approximate surface area is 147 Å². The van der Waals surface area contributed by atoms with Crippen LogP contribution in [0.3, 0.4) is 0 Å². The third-order valence-corrected chi connectivity index (χ3v) is 4.33. The summed E-state index contributed by atoms with van der Waals surface area (Å²) in [5.74, 6) is 2.31. The summed E-state index contributed by atoms with van der Waals surface area (Å²) in [4.78, 5) is 12.3. The molecule has 0 saturated heterocycles. The van der Waals surface area contributed by atoms with Gasteiger partial charge in [-0.05, 0) is 42.2 Å². The topological polar surface area (TPSA) is 56.8 Å². The summed E-state index contributed by atoms with van der Waals surface area (Å²) in [6.07, 6.45) is 1.88. The van der Waals surface area contributed by atoms with E-state index in [1.165, 1.54) is 0 Å². The van der Waals surface area contributed by atoms with Crippen molar-refractivity contribution in [1.29, 1.82) is 0 Å². The minimum absolute atomic E-state index is 0.0211. The van der Waals surface area contributed by atoms with Gasteiger partial charge in [0.25, 0.3) is 0 Å². The second-order valence-electron chi connectivity index (χ2n) is 6.08. The average molecular weight is 341 g/mol. The monoisotopic (exact) mass is 341 g/mol. The summed E-state index contributed by atoms with van der Waals surface area (Å²) in [6, 6.07) is 13.7. The SMILES string of the molecule is COc1ccc(CCC(=O)NC2COc3ccccc3C2)cc1OC. The van der Waals surface area contributed by atoms with Crippen LogP contribution in [-0.2, 0) is 17.6 Å². The standard InChI is InChI=1S/C20H23NO4/c1-23-18-9-7-14(11-19(18)24-2)8-10-20(22)21-16-12-15-5-3-4-6-17(15)25-13-16/h3-7,9,11,16H,8,10,12-13H2,1-2H3,(H,21,22). The van der Waals surface area contributed by atoms with Crippen molar-refractivity contribution in [3.8, 4) is 17.2 Å². The second kappa shape index (κ2) is 7.92. The molecule has 0 spiro atoms. The molecule has 0 radical (unpaired) electrons. The molecule has 132 valence electrons. The van der Waals surface area contributed by atoms with Gasteiger partial charge in [-0.15, -0.1) is 0 Å². The van der Waals surface area contributed by atoms with Gasteiger partial charge >= 0.3 is 0 Å². The van der Waals surface area contributed by atoms with Crippen LogP contribution in [0.5, 0.6) is 17.2 Å². The number of hydrogen-bond acceptors (Lipinski definition) is 4. The molecule has 1 unspecified atom stereocenters. The summed E-state index contributed by atoms with van der Waals surface area (Å²) in [7, 11) is 3.21. The van der Waals surface area contributed by atoms with E-state index in [1.807, 2.05) is 42.5 Å². The number of nitrogens with one attached hydrogen (secondary N) is 1. The molecule has 25 heavy (non-hydrogen) atoms. The van der Waals surface area contributed by atoms with Crippen molar-refractivity contribution in [2.45, 2.75) is 25.3 Å². The van der Waals surface area contributed by atoms with E-state index in [2.05, 4.69) is 5.32 Å². The Hall–Kier alpha value is -2.69. The maximum atomic E-state index is 12.3. The number of hydrogen-bond donors (Lipinski definition) is 1. The number of benzene rings is 2. The lowest BCUT2D eigenvalue weighted by Gasteiger charge is -2.26. The highest BCUT2D eigenvalue weighted by molar-refractivity contribution is 5.76. The summed E-state index contributed by atoms with van der Waals surface area (Å²) in [6.45, 7) is 0.513. The van der Waals surface area contributed by atoms with Gasteiger partial charge in [-0.3, -0.25) is 4.79 Å². The molecule has 1 atom stereocenters. The van der Waals surface area contributed by atoms with E-state index < -0.39 is 0 Å². The summed E-state index contributed by atoms with van der Waals surface area (Å²) < 4.78 is 16.2. The molecule has 5 heteroatoms. The van der Waals surface area contributed by atoms with Crippen LogP contribution < -0.4 is 19.5 Å². The van der Waals surface area contributed by atoms with Crippen LogP contribution in [0.4, 0.5) is 0 Å². The molecular weight excluding hydrogens is 318 g/mol. The zero-order chi connectivity index (χ0) is 17.6. The number of methoxy groups -OCH3 is 2. The van der Waals surface area contributed by atoms with Crippen molar-refractivity contribution in [1.82, 2.24) is 5.32 Å². The minimum Gasteiger partial charge on any atom is -0.493 e. The Morgan fingerprint density at radius 1 is 1.16 bits per heavy atom. The third kappa shape index (κ3) is 4.24. The molecule has 1 heterocycles. The smallest absolute Gasteiger partial charge is 0.220 e. The largest absolute Gasteiger partial charge is 0.493 e. The van der Waals surface area contributed by atoms with E-state index >= 15 is 0 Å². The van der Waals surface area contributed by atoms with Crippen LogP contribution in [-0.4, -0.2) is 32.8 Å². The number of carbonyl (C=O) groups is 1. The van der Waals surface area contributed by atoms with Crippen molar-refractivity contribution < 1.29 is 19.0 Å². The molecular formula is C20H23NO4. The number of fused-ring (bicyclic) bond motifs is 1. The molecule has 0 fully saturated rings. The van der Waals surface area contributed by atoms with Crippen LogP contribution in [0.25, 0.3) is 0 Å². The van der Waals surface area contributed by atoms with E-state index in [0.29, 0.717) is 30.9 Å². The number of carbonyl (C=O) groups excluding carboxylic acids is 1. The van der Waals surface area contributed by atoms with Crippen LogP contribution in [0, 0.1) is 0 Å². The number of rotatable bonds is 6. The first-order valence-electron chi connectivity index (χ1n) is 8.40. The van der Waals surface area contributed by atoms with Crippen LogP contribution in [0.1, 0.15) is 17.5 Å². The Bertz CT molecular complexity index is 744. The first-order chi connectivity index (χ1) is 12.2. The maximum Gasteiger partial charge on any atom is 0.220 e. The van der Waals surface area contributed by atoms with Gasteiger partial charge in [-0.25, -0.2) is 0 Å². The molecule has 0 aromatic heterocycles. The zero-order valence-corrected chi connectivity index (χ0v) is 14.6. The van der Waals surface area contributed by atoms with E-state index in [0.717, 1.165) is 23.3 Å². The molecule has 5 nitrogen and oxygen atoms in total. The number of aryl methyl sites for hydroxylation is 1. The molecule has 1 aliphatic rings. The predicted molar refractivity (Wildman–Crippen MR) is 95.4 cm³/mol. The van der Waals surface area contributed by atoms with Gasteiger partial charge in [-0.2, -0.15) is 0 Å². The Balaban J connectivity index is 1.52. The highest BCUT2D eigenvalue weighted by atomic mass is 16.5. The maximum absolute atomic E-state index is 12.3. The molecule has 1 amide bonds. The number of amides is 1. The Morgan fingerprint density at radius 2 is 1.96 bits per heavy atom. The van der Waals surface area contributed by atoms with Gasteiger partial charge < -0.3 is 19.5 Å². The summed E-state index contributed by atoms with van der Waals surface area (Å²) in [5.41, 5.74) is 2.18. The zero-order valence-electron chi connectivity index (χ0n) is 14.6. The molecule has 1 aliphatic heterocycles. The fourth-order valence-corrected chi connectivity index (χ4v) is 3.01. The van der Waals surface area contributed by atoms with Crippen molar-refractivity contribution in [3.05, 3.63) is 53.6 Å². The van der Waals surface area contributed by atoms with E-state index in [1.54, 1.807) is 14.2 Å². The van der Waals surface area contributed by atoms with E-state index in [9.17, 15) is 4.79 Å². The van der Waals surface area contributed by atoms with Crippen molar-refractivity contribution >= 4 is 5.91 Å². The molecule has 2 aromatic carbocycles. The van der Waals surface area contributed by atoms with Crippen LogP contribution >= 0.6 is 0 Å². The summed E-state index contributed by atoms with van der Waals surface area (Å²) in [5, 5.41) is 3.06. The lowest BCUT2D eigenvalue weighted by Crippen LogP contribution is -2.42. The van der Waals surface area contributed by atoms with Crippen LogP contribution in [0.15, 0.2) is 42.5 Å². The van der Waals surface area contributed by atoms with E-state index in [4.69, 9.17) is 14.2 Å². The number of para-hydroxylation sites is 1. The Kier molecular flexibility index (Phi) is 5.43. The van der Waals surface area contributed by atoms with Crippen molar-refractivity contribution in [3.63, 3.8) is 0 Å². The van der Waals surface area contributed by atoms with Crippen LogP contribution in [0.2, 0.25) is 0 Å². The predicted octanol–water partition coefficient (Wildman–Crippen LogP) is 2.76. The van der Waals surface area contributed by atoms with Gasteiger partial charge in [-0.1, -0.05) is 24.3 Å².